The first kappa shape index (κ1) is 9.01. The van der Waals surface area contributed by atoms with Crippen LogP contribution < -0.4 is 0 Å². The number of carbonyl (C=O) groups is 1. The van der Waals surface area contributed by atoms with Gasteiger partial charge < -0.3 is 0 Å². The molecule has 0 N–H and O–H groups in total. The first-order valence-corrected chi connectivity index (χ1v) is 3.95. The number of hydrogen-bond donors (Lipinski definition) is 0. The summed E-state index contributed by atoms with van der Waals surface area (Å²) in [6, 6.07) is 7.50. The van der Waals surface area contributed by atoms with Crippen LogP contribution in [0.25, 0.3) is 5.57 Å². The van der Waals surface area contributed by atoms with E-state index in [2.05, 4.69) is 6.58 Å². The second-order valence-electron chi connectivity index (χ2n) is 2.62. The van der Waals surface area contributed by atoms with E-state index in [-0.39, 0.29) is 0 Å². The second-order valence-corrected chi connectivity index (χ2v) is 2.96. The summed E-state index contributed by atoms with van der Waals surface area (Å²) >= 11 is 5.26. The molecule has 0 spiro atoms. The molecule has 0 fully saturated rings. The van der Waals surface area contributed by atoms with Gasteiger partial charge in [-0.3, -0.25) is 4.79 Å². The van der Waals surface area contributed by atoms with Crippen LogP contribution in [-0.2, 0) is 4.79 Å². The molecule has 1 rings (SSSR count). The molecular weight excluding hydrogens is 172 g/mol. The molecule has 1 nitrogen and oxygen atoms in total. The predicted octanol–water partition coefficient (Wildman–Crippen LogP) is 2.77. The number of hydrogen-bond acceptors (Lipinski definition) is 1. The summed E-state index contributed by atoms with van der Waals surface area (Å²) in [7, 11) is 0. The first-order valence-electron chi connectivity index (χ1n) is 3.57. The van der Waals surface area contributed by atoms with Crippen molar-refractivity contribution < 1.29 is 4.79 Å². The van der Waals surface area contributed by atoms with E-state index in [0.717, 1.165) is 11.1 Å². The molecule has 1 aromatic rings. The van der Waals surface area contributed by atoms with Gasteiger partial charge in [0.25, 0.3) is 5.24 Å². The van der Waals surface area contributed by atoms with E-state index in [1.807, 2.05) is 31.2 Å². The minimum atomic E-state index is -0.501. The lowest BCUT2D eigenvalue weighted by Crippen LogP contribution is -1.90. The summed E-state index contributed by atoms with van der Waals surface area (Å²) in [5.74, 6) is 0. The van der Waals surface area contributed by atoms with Gasteiger partial charge in [0.05, 0.1) is 0 Å². The van der Waals surface area contributed by atoms with Crippen molar-refractivity contribution >= 4 is 22.4 Å². The molecule has 12 heavy (non-hydrogen) atoms. The van der Waals surface area contributed by atoms with Gasteiger partial charge in [-0.2, -0.15) is 0 Å². The Morgan fingerprint density at radius 2 is 1.83 bits per heavy atom. The highest BCUT2D eigenvalue weighted by molar-refractivity contribution is 6.74. The van der Waals surface area contributed by atoms with Gasteiger partial charge in [-0.15, -0.1) is 0 Å². The van der Waals surface area contributed by atoms with Crippen molar-refractivity contribution in [3.63, 3.8) is 0 Å². The Balaban J connectivity index is 2.98. The number of benzene rings is 1. The third-order valence-corrected chi connectivity index (χ3v) is 1.87. The third kappa shape index (κ3) is 1.95. The molecule has 0 bridgehead atoms. The average Bonchev–Trinajstić information content (AvgIpc) is 2.04. The highest BCUT2D eigenvalue weighted by atomic mass is 35.5. The third-order valence-electron chi connectivity index (χ3n) is 1.64. The molecule has 0 aliphatic heterocycles. The fourth-order valence-electron chi connectivity index (χ4n) is 0.868. The topological polar surface area (TPSA) is 17.1 Å². The standard InChI is InChI=1S/C10H9ClO/c1-7-3-5-9(6-4-7)8(2)10(11)12/h3-6H,2H2,1H3. The smallest absolute Gasteiger partial charge is 0.252 e. The van der Waals surface area contributed by atoms with Crippen molar-refractivity contribution in [2.45, 2.75) is 6.92 Å². The summed E-state index contributed by atoms with van der Waals surface area (Å²) in [5, 5.41) is -0.501. The first-order chi connectivity index (χ1) is 5.61. The molecule has 0 atom stereocenters. The van der Waals surface area contributed by atoms with E-state index in [1.54, 1.807) is 0 Å². The highest BCUT2D eigenvalue weighted by Gasteiger charge is 2.04. The van der Waals surface area contributed by atoms with E-state index in [1.165, 1.54) is 0 Å². The van der Waals surface area contributed by atoms with Crippen LogP contribution in [0.1, 0.15) is 11.1 Å². The van der Waals surface area contributed by atoms with Crippen molar-refractivity contribution in [1.82, 2.24) is 0 Å². The molecule has 0 amide bonds. The van der Waals surface area contributed by atoms with Gasteiger partial charge in [-0.05, 0) is 24.1 Å². The molecule has 0 aliphatic carbocycles. The lowest BCUT2D eigenvalue weighted by Gasteiger charge is -1.99. The molecular formula is C10H9ClO. The SMILES string of the molecule is C=C(C(=O)Cl)c1ccc(C)cc1. The van der Waals surface area contributed by atoms with Gasteiger partial charge in [-0.1, -0.05) is 36.4 Å². The Kier molecular flexibility index (Phi) is 2.66. The largest absolute Gasteiger partial charge is 0.276 e. The van der Waals surface area contributed by atoms with Crippen molar-refractivity contribution in [3.05, 3.63) is 42.0 Å². The predicted molar refractivity (Wildman–Crippen MR) is 51.1 cm³/mol. The van der Waals surface area contributed by atoms with Crippen LogP contribution in [0.5, 0.6) is 0 Å². The molecule has 0 unspecified atom stereocenters. The summed E-state index contributed by atoms with van der Waals surface area (Å²) in [4.78, 5) is 10.7. The number of allylic oxidation sites excluding steroid dienone is 1. The van der Waals surface area contributed by atoms with Crippen LogP contribution in [-0.4, -0.2) is 5.24 Å². The van der Waals surface area contributed by atoms with E-state index < -0.39 is 5.24 Å². The molecule has 0 saturated carbocycles. The molecule has 0 aromatic heterocycles. The van der Waals surface area contributed by atoms with Crippen molar-refractivity contribution in [1.29, 1.82) is 0 Å². The lowest BCUT2D eigenvalue weighted by atomic mass is 10.1. The molecule has 2 heteroatoms. The second kappa shape index (κ2) is 3.55. The van der Waals surface area contributed by atoms with Crippen molar-refractivity contribution in [2.24, 2.45) is 0 Å². The highest BCUT2D eigenvalue weighted by Crippen LogP contribution is 2.15. The zero-order chi connectivity index (χ0) is 9.14. The van der Waals surface area contributed by atoms with Crippen molar-refractivity contribution in [2.75, 3.05) is 0 Å². The maximum absolute atomic E-state index is 10.7. The summed E-state index contributed by atoms with van der Waals surface area (Å²) in [6.07, 6.45) is 0. The summed E-state index contributed by atoms with van der Waals surface area (Å²) < 4.78 is 0. The molecule has 0 heterocycles. The van der Waals surface area contributed by atoms with Crippen LogP contribution in [0, 0.1) is 6.92 Å². The average molecular weight is 181 g/mol. The molecule has 0 aliphatic rings. The number of carbonyl (C=O) groups excluding carboxylic acids is 1. The number of rotatable bonds is 2. The monoisotopic (exact) mass is 180 g/mol. The molecule has 0 saturated heterocycles. The van der Waals surface area contributed by atoms with Gasteiger partial charge >= 0.3 is 0 Å². The number of aryl methyl sites for hydroxylation is 1. The summed E-state index contributed by atoms with van der Waals surface area (Å²) in [6.45, 7) is 5.55. The molecule has 1 aromatic carbocycles. The zero-order valence-electron chi connectivity index (χ0n) is 6.80. The Morgan fingerprint density at radius 3 is 2.25 bits per heavy atom. The minimum Gasteiger partial charge on any atom is -0.276 e. The van der Waals surface area contributed by atoms with Gasteiger partial charge in [0.1, 0.15) is 0 Å². The van der Waals surface area contributed by atoms with E-state index >= 15 is 0 Å². The molecule has 0 radical (unpaired) electrons. The normalized spacial score (nSPS) is 9.50. The maximum atomic E-state index is 10.7. The van der Waals surface area contributed by atoms with E-state index in [9.17, 15) is 4.79 Å². The fraction of sp³-hybridized carbons (Fsp3) is 0.100. The van der Waals surface area contributed by atoms with Gasteiger partial charge in [0.2, 0.25) is 0 Å². The fourth-order valence-corrected chi connectivity index (χ4v) is 0.977. The summed E-state index contributed by atoms with van der Waals surface area (Å²) in [5.41, 5.74) is 2.27. The molecule has 62 valence electrons. The Bertz CT molecular complexity index is 311. The Hall–Kier alpha value is -1.08. The van der Waals surface area contributed by atoms with Crippen LogP contribution in [0.3, 0.4) is 0 Å². The maximum Gasteiger partial charge on any atom is 0.252 e. The van der Waals surface area contributed by atoms with Crippen LogP contribution in [0.15, 0.2) is 30.8 Å². The minimum absolute atomic E-state index is 0.344. The van der Waals surface area contributed by atoms with Crippen LogP contribution in [0.2, 0.25) is 0 Å². The quantitative estimate of drug-likeness (QED) is 0.505. The van der Waals surface area contributed by atoms with E-state index in [4.69, 9.17) is 11.6 Å². The van der Waals surface area contributed by atoms with Crippen molar-refractivity contribution in [3.8, 4) is 0 Å². The van der Waals surface area contributed by atoms with Crippen LogP contribution in [0.4, 0.5) is 0 Å². The Morgan fingerprint density at radius 1 is 1.33 bits per heavy atom. The van der Waals surface area contributed by atoms with Gasteiger partial charge in [0, 0.05) is 5.57 Å². The Labute approximate surface area is 76.7 Å². The van der Waals surface area contributed by atoms with Gasteiger partial charge in [0.15, 0.2) is 0 Å². The van der Waals surface area contributed by atoms with E-state index in [0.29, 0.717) is 5.57 Å². The van der Waals surface area contributed by atoms with Crippen LogP contribution >= 0.6 is 11.6 Å². The zero-order valence-corrected chi connectivity index (χ0v) is 7.56. The lowest BCUT2D eigenvalue weighted by molar-refractivity contribution is -0.106. The number of halogens is 1. The van der Waals surface area contributed by atoms with Gasteiger partial charge in [-0.25, -0.2) is 0 Å².